The quantitative estimate of drug-likeness (QED) is 0.790. The number of piperazine rings is 1. The van der Waals surface area contributed by atoms with Crippen LogP contribution in [0.1, 0.15) is 37.6 Å². The molecular formula is C21H29N3O4. The number of methoxy groups -OCH3 is 1. The van der Waals surface area contributed by atoms with Crippen molar-refractivity contribution >= 4 is 17.7 Å². The maximum absolute atomic E-state index is 12.9. The number of ether oxygens (including phenoxy) is 1. The van der Waals surface area contributed by atoms with Crippen LogP contribution in [0.25, 0.3) is 0 Å². The molecule has 0 bridgehead atoms. The molecule has 0 saturated carbocycles. The van der Waals surface area contributed by atoms with Gasteiger partial charge in [0.1, 0.15) is 5.75 Å². The minimum atomic E-state index is -0.289. The van der Waals surface area contributed by atoms with Crippen molar-refractivity contribution in [1.29, 1.82) is 0 Å². The van der Waals surface area contributed by atoms with Gasteiger partial charge < -0.3 is 19.4 Å². The number of carbonyl (C=O) groups is 3. The molecule has 2 fully saturated rings. The van der Waals surface area contributed by atoms with E-state index in [2.05, 4.69) is 0 Å². The van der Waals surface area contributed by atoms with Crippen molar-refractivity contribution in [3.05, 3.63) is 29.8 Å². The molecule has 2 saturated heterocycles. The Morgan fingerprint density at radius 1 is 1.04 bits per heavy atom. The van der Waals surface area contributed by atoms with Gasteiger partial charge in [0.05, 0.1) is 18.6 Å². The van der Waals surface area contributed by atoms with Gasteiger partial charge in [0.2, 0.25) is 11.8 Å². The standard InChI is InChI=1S/C21H29N3O4/c1-21(2,3)24-14-15(13-18(24)25)19(26)22-9-11-23(12-10-22)20(27)16-7-5-6-8-17(16)28-4/h5-8,15H,9-14H2,1-4H3. The highest BCUT2D eigenvalue weighted by molar-refractivity contribution is 5.97. The molecule has 7 heteroatoms. The summed E-state index contributed by atoms with van der Waals surface area (Å²) >= 11 is 0. The van der Waals surface area contributed by atoms with Gasteiger partial charge in [-0.25, -0.2) is 0 Å². The van der Waals surface area contributed by atoms with Gasteiger partial charge in [-0.15, -0.1) is 0 Å². The third-order valence-corrected chi connectivity index (χ3v) is 5.50. The van der Waals surface area contributed by atoms with E-state index in [9.17, 15) is 14.4 Å². The minimum Gasteiger partial charge on any atom is -0.496 e. The number of nitrogens with zero attached hydrogens (tertiary/aromatic N) is 3. The van der Waals surface area contributed by atoms with Gasteiger partial charge in [-0.1, -0.05) is 12.1 Å². The van der Waals surface area contributed by atoms with Gasteiger partial charge in [-0.3, -0.25) is 14.4 Å². The molecule has 0 N–H and O–H groups in total. The van der Waals surface area contributed by atoms with Crippen LogP contribution in [0.2, 0.25) is 0 Å². The molecule has 0 radical (unpaired) electrons. The van der Waals surface area contributed by atoms with Gasteiger partial charge >= 0.3 is 0 Å². The Morgan fingerprint density at radius 2 is 1.64 bits per heavy atom. The first-order valence-corrected chi connectivity index (χ1v) is 9.74. The lowest BCUT2D eigenvalue weighted by Gasteiger charge is -2.36. The Labute approximate surface area is 166 Å². The molecule has 1 aromatic rings. The Balaban J connectivity index is 1.59. The molecule has 2 heterocycles. The monoisotopic (exact) mass is 387 g/mol. The van der Waals surface area contributed by atoms with Gasteiger partial charge in [-0.05, 0) is 32.9 Å². The zero-order valence-electron chi connectivity index (χ0n) is 17.1. The Bertz CT molecular complexity index is 763. The van der Waals surface area contributed by atoms with Crippen molar-refractivity contribution in [2.45, 2.75) is 32.7 Å². The first-order chi connectivity index (χ1) is 13.2. The SMILES string of the molecule is COc1ccccc1C(=O)N1CCN(C(=O)C2CC(=O)N(C(C)(C)C)C2)CC1. The molecule has 1 atom stereocenters. The van der Waals surface area contributed by atoms with E-state index < -0.39 is 0 Å². The number of likely N-dealkylation sites (tertiary alicyclic amines) is 1. The van der Waals surface area contributed by atoms with Crippen molar-refractivity contribution in [2.75, 3.05) is 39.8 Å². The van der Waals surface area contributed by atoms with Gasteiger partial charge in [0, 0.05) is 44.7 Å². The fraction of sp³-hybridized carbons (Fsp3) is 0.571. The minimum absolute atomic E-state index is 0.0180. The van der Waals surface area contributed by atoms with E-state index in [-0.39, 0.29) is 35.6 Å². The van der Waals surface area contributed by atoms with Crippen LogP contribution in [0.3, 0.4) is 0 Å². The number of benzene rings is 1. The largest absolute Gasteiger partial charge is 0.496 e. The second kappa shape index (κ2) is 7.81. The summed E-state index contributed by atoms with van der Waals surface area (Å²) in [6.45, 7) is 8.36. The highest BCUT2D eigenvalue weighted by Crippen LogP contribution is 2.27. The summed E-state index contributed by atoms with van der Waals surface area (Å²) < 4.78 is 5.28. The second-order valence-corrected chi connectivity index (χ2v) is 8.39. The predicted molar refractivity (Wildman–Crippen MR) is 105 cm³/mol. The fourth-order valence-electron chi connectivity index (χ4n) is 3.90. The Kier molecular flexibility index (Phi) is 5.63. The molecule has 0 aromatic heterocycles. The van der Waals surface area contributed by atoms with Crippen molar-refractivity contribution in [1.82, 2.24) is 14.7 Å². The molecule has 2 aliphatic rings. The zero-order chi connectivity index (χ0) is 20.5. The van der Waals surface area contributed by atoms with Crippen LogP contribution < -0.4 is 4.74 Å². The fourth-order valence-corrected chi connectivity index (χ4v) is 3.90. The van der Waals surface area contributed by atoms with Crippen LogP contribution in [0.5, 0.6) is 5.75 Å². The number of para-hydroxylation sites is 1. The molecule has 0 spiro atoms. The average molecular weight is 387 g/mol. The lowest BCUT2D eigenvalue weighted by molar-refractivity contribution is -0.137. The molecule has 7 nitrogen and oxygen atoms in total. The number of hydrogen-bond acceptors (Lipinski definition) is 4. The van der Waals surface area contributed by atoms with E-state index in [0.29, 0.717) is 44.0 Å². The van der Waals surface area contributed by atoms with Crippen LogP contribution in [0.15, 0.2) is 24.3 Å². The first kappa shape index (κ1) is 20.2. The number of hydrogen-bond donors (Lipinski definition) is 0. The molecule has 3 amide bonds. The molecule has 28 heavy (non-hydrogen) atoms. The maximum Gasteiger partial charge on any atom is 0.257 e. The first-order valence-electron chi connectivity index (χ1n) is 9.74. The lowest BCUT2D eigenvalue weighted by atomic mass is 10.1. The summed E-state index contributed by atoms with van der Waals surface area (Å²) in [7, 11) is 1.55. The highest BCUT2D eigenvalue weighted by Gasteiger charge is 2.41. The highest BCUT2D eigenvalue weighted by atomic mass is 16.5. The molecule has 2 aliphatic heterocycles. The second-order valence-electron chi connectivity index (χ2n) is 8.39. The van der Waals surface area contributed by atoms with Crippen LogP contribution >= 0.6 is 0 Å². The predicted octanol–water partition coefficient (Wildman–Crippen LogP) is 1.63. The van der Waals surface area contributed by atoms with Crippen LogP contribution in [0.4, 0.5) is 0 Å². The molecule has 0 aliphatic carbocycles. The molecule has 1 unspecified atom stereocenters. The smallest absolute Gasteiger partial charge is 0.257 e. The average Bonchev–Trinajstić information content (AvgIpc) is 3.09. The van der Waals surface area contributed by atoms with Crippen LogP contribution in [-0.4, -0.2) is 77.8 Å². The maximum atomic E-state index is 12.9. The Morgan fingerprint density at radius 3 is 2.21 bits per heavy atom. The normalized spacial score (nSPS) is 20.5. The zero-order valence-corrected chi connectivity index (χ0v) is 17.1. The Hall–Kier alpha value is -2.57. The number of amides is 3. The molecular weight excluding hydrogens is 358 g/mol. The van der Waals surface area contributed by atoms with E-state index in [1.54, 1.807) is 33.9 Å². The number of rotatable bonds is 3. The lowest BCUT2D eigenvalue weighted by Crippen LogP contribution is -2.52. The van der Waals surface area contributed by atoms with Gasteiger partial charge in [0.25, 0.3) is 5.91 Å². The van der Waals surface area contributed by atoms with Gasteiger partial charge in [0.15, 0.2) is 0 Å². The van der Waals surface area contributed by atoms with Gasteiger partial charge in [-0.2, -0.15) is 0 Å². The summed E-state index contributed by atoms with van der Waals surface area (Å²) in [6, 6.07) is 7.17. The third kappa shape index (κ3) is 3.98. The summed E-state index contributed by atoms with van der Waals surface area (Å²) in [6.07, 6.45) is 0.274. The summed E-state index contributed by atoms with van der Waals surface area (Å²) in [5.41, 5.74) is 0.262. The summed E-state index contributed by atoms with van der Waals surface area (Å²) in [4.78, 5) is 43.3. The van der Waals surface area contributed by atoms with E-state index >= 15 is 0 Å². The molecule has 1 aromatic carbocycles. The van der Waals surface area contributed by atoms with Crippen molar-refractivity contribution < 1.29 is 19.1 Å². The summed E-state index contributed by atoms with van der Waals surface area (Å²) in [5.74, 6) is 0.237. The van der Waals surface area contributed by atoms with Crippen LogP contribution in [-0.2, 0) is 9.59 Å². The van der Waals surface area contributed by atoms with Crippen molar-refractivity contribution in [3.8, 4) is 5.75 Å². The van der Waals surface area contributed by atoms with E-state index in [1.165, 1.54) is 0 Å². The van der Waals surface area contributed by atoms with Crippen LogP contribution in [0, 0.1) is 5.92 Å². The number of carbonyl (C=O) groups excluding carboxylic acids is 3. The third-order valence-electron chi connectivity index (χ3n) is 5.50. The molecule has 152 valence electrons. The van der Waals surface area contributed by atoms with E-state index in [4.69, 9.17) is 4.74 Å². The van der Waals surface area contributed by atoms with Crippen molar-refractivity contribution in [3.63, 3.8) is 0 Å². The van der Waals surface area contributed by atoms with Crippen molar-refractivity contribution in [2.24, 2.45) is 5.92 Å². The summed E-state index contributed by atoms with van der Waals surface area (Å²) in [5, 5.41) is 0. The molecule has 3 rings (SSSR count). The topological polar surface area (TPSA) is 70.2 Å². The van der Waals surface area contributed by atoms with E-state index in [0.717, 1.165) is 0 Å². The van der Waals surface area contributed by atoms with E-state index in [1.807, 2.05) is 32.9 Å².